The molecule has 464 valence electrons. The number of aliphatic hydroxyl groups excluding tert-OH is 6. The van der Waals surface area contributed by atoms with Gasteiger partial charge in [-0.25, -0.2) is 4.79 Å². The van der Waals surface area contributed by atoms with E-state index in [9.17, 15) is 45.3 Å². The first-order chi connectivity index (χ1) is 38.2. The number of ether oxygens (including phenoxy) is 13. The van der Waals surface area contributed by atoms with Crippen LogP contribution in [0.3, 0.4) is 0 Å². The van der Waals surface area contributed by atoms with Crippen molar-refractivity contribution >= 4 is 11.9 Å². The third-order valence-electron chi connectivity index (χ3n) is 16.3. The molecule has 5 heterocycles. The van der Waals surface area contributed by atoms with Crippen LogP contribution >= 0.6 is 0 Å². The summed E-state index contributed by atoms with van der Waals surface area (Å²) < 4.78 is 77.6. The van der Waals surface area contributed by atoms with Crippen LogP contribution < -0.4 is 0 Å². The minimum atomic E-state index is -2.54. The Labute approximate surface area is 478 Å². The van der Waals surface area contributed by atoms with Crippen LogP contribution in [0.5, 0.6) is 0 Å². The fraction of sp³-hybridized carbons (Fsp3) is 0.797. The molecule has 7 N–H and O–H groups in total. The highest BCUT2D eigenvalue weighted by Crippen LogP contribution is 2.43. The first-order valence-electron chi connectivity index (χ1n) is 28.4. The molecule has 0 unspecified atom stereocenters. The van der Waals surface area contributed by atoms with Gasteiger partial charge in [-0.05, 0) is 67.4 Å². The lowest BCUT2D eigenvalue weighted by Gasteiger charge is -2.51. The standard InChI is InChI=1S/C59H96O22/c1-29-17-16-18-41(61)45(70-13)26-47(78-57(67)33(5)23-31(3)21-30(2)22-32(4)43(20-19-29)79-58-52(65)51(64)55(72-15)38(10)75-58)56(66)59(68)35(7)50(63)34(6)44(81-59)24-40(28-69-12)77-48-25-42(62)53(36(8)73-48)80-49-27-46(71-14)54(37(9)74-49)76-39(11)60/h17,19-23,32,34-38,40-56,58,61-66,68H,16,18,24-28H2,1-15H3/b20-19+,29-17+,30-22+,31-21+,33-23+/t32-,34+,35-,36+,37-,38+,40-,41-,42+,43-,44-,45+,46-,47+,48+,49+,50+,51+,52+,53+,54-,55+,56-,58+,59-/m1/s1. The molecule has 0 amide bonds. The van der Waals surface area contributed by atoms with Crippen molar-refractivity contribution in [1.29, 1.82) is 0 Å². The summed E-state index contributed by atoms with van der Waals surface area (Å²) in [6.07, 6.45) is -9.16. The lowest BCUT2D eigenvalue weighted by atomic mass is 9.76. The van der Waals surface area contributed by atoms with E-state index in [1.807, 2.05) is 51.2 Å². The van der Waals surface area contributed by atoms with E-state index in [1.54, 1.807) is 47.6 Å². The molecule has 0 saturated carbocycles. The van der Waals surface area contributed by atoms with Gasteiger partial charge in [-0.1, -0.05) is 67.9 Å². The Balaban J connectivity index is 1.35. The maximum atomic E-state index is 14.1. The van der Waals surface area contributed by atoms with E-state index in [4.69, 9.17) is 61.6 Å². The van der Waals surface area contributed by atoms with Gasteiger partial charge in [-0.2, -0.15) is 0 Å². The highest BCUT2D eigenvalue weighted by molar-refractivity contribution is 5.88. The van der Waals surface area contributed by atoms with E-state index >= 15 is 0 Å². The van der Waals surface area contributed by atoms with E-state index in [0.717, 1.165) is 11.1 Å². The summed E-state index contributed by atoms with van der Waals surface area (Å²) in [5.74, 6) is -5.94. The number of cyclic esters (lactones) is 1. The predicted molar refractivity (Wildman–Crippen MR) is 293 cm³/mol. The van der Waals surface area contributed by atoms with Crippen molar-refractivity contribution in [2.45, 2.75) is 249 Å². The number of methoxy groups -OCH3 is 4. The molecule has 5 rings (SSSR count). The molecule has 0 radical (unpaired) electrons. The van der Waals surface area contributed by atoms with Gasteiger partial charge in [0.05, 0.1) is 67.6 Å². The third kappa shape index (κ3) is 18.2. The molecule has 0 aromatic heterocycles. The number of carbonyl (C=O) groups excluding carboxylic acids is 2. The monoisotopic (exact) mass is 1160 g/mol. The lowest BCUT2D eigenvalue weighted by molar-refractivity contribution is -0.365. The normalized spacial score (nSPS) is 44.8. The van der Waals surface area contributed by atoms with Crippen molar-refractivity contribution in [2.75, 3.05) is 35.0 Å². The number of carbonyl (C=O) groups is 2. The molecular weight excluding hydrogens is 1060 g/mol. The zero-order valence-corrected chi connectivity index (χ0v) is 50.0. The maximum absolute atomic E-state index is 14.1. The Bertz CT molecular complexity index is 2140. The largest absolute Gasteiger partial charge is 0.457 e. The molecule has 5 aliphatic rings. The number of hydrogen-bond donors (Lipinski definition) is 7. The van der Waals surface area contributed by atoms with Crippen molar-refractivity contribution in [1.82, 2.24) is 0 Å². The second-order valence-electron chi connectivity index (χ2n) is 22.9. The Hall–Kier alpha value is -3.08. The Kier molecular flexibility index (Phi) is 26.6. The minimum absolute atomic E-state index is 0.00260. The first-order valence-corrected chi connectivity index (χ1v) is 28.4. The highest BCUT2D eigenvalue weighted by Gasteiger charge is 2.57. The average Bonchev–Trinajstić information content (AvgIpc) is 3.48. The van der Waals surface area contributed by atoms with Gasteiger partial charge in [0.25, 0.3) is 0 Å². The molecule has 0 aromatic carbocycles. The van der Waals surface area contributed by atoms with Crippen LogP contribution in [-0.2, 0) is 71.2 Å². The molecule has 22 heteroatoms. The topological polar surface area (TPSA) is 296 Å². The number of aliphatic hydroxyl groups is 7. The summed E-state index contributed by atoms with van der Waals surface area (Å²) in [7, 11) is 5.79. The fourth-order valence-electron chi connectivity index (χ4n) is 11.6. The lowest BCUT2D eigenvalue weighted by Crippen LogP contribution is -2.66. The Morgan fingerprint density at radius 3 is 2.02 bits per heavy atom. The van der Waals surface area contributed by atoms with Crippen LogP contribution in [0.1, 0.15) is 115 Å². The molecule has 4 fully saturated rings. The van der Waals surface area contributed by atoms with Crippen LogP contribution in [-0.4, -0.2) is 217 Å². The number of allylic oxidation sites excluding steroid dienone is 7. The van der Waals surface area contributed by atoms with E-state index in [-0.39, 0.29) is 50.2 Å². The predicted octanol–water partition coefficient (Wildman–Crippen LogP) is 3.77. The van der Waals surface area contributed by atoms with Gasteiger partial charge < -0.3 is 97.3 Å². The van der Waals surface area contributed by atoms with Crippen molar-refractivity contribution in [3.8, 4) is 0 Å². The van der Waals surface area contributed by atoms with Gasteiger partial charge in [-0.15, -0.1) is 0 Å². The van der Waals surface area contributed by atoms with Gasteiger partial charge in [0.2, 0.25) is 5.79 Å². The number of rotatable bonds is 16. The molecule has 22 nitrogen and oxygen atoms in total. The molecule has 4 saturated heterocycles. The molecule has 0 bridgehead atoms. The average molecular weight is 1160 g/mol. The molecule has 81 heavy (non-hydrogen) atoms. The van der Waals surface area contributed by atoms with E-state index in [1.165, 1.54) is 42.3 Å². The van der Waals surface area contributed by atoms with Gasteiger partial charge in [0.15, 0.2) is 25.0 Å². The van der Waals surface area contributed by atoms with Gasteiger partial charge in [0, 0.05) is 84.4 Å². The van der Waals surface area contributed by atoms with Gasteiger partial charge in [-0.3, -0.25) is 4.79 Å². The zero-order chi connectivity index (χ0) is 60.2. The molecule has 0 spiro atoms. The molecule has 5 aliphatic heterocycles. The van der Waals surface area contributed by atoms with Crippen LogP contribution in [0.2, 0.25) is 0 Å². The smallest absolute Gasteiger partial charge is 0.334 e. The van der Waals surface area contributed by atoms with Gasteiger partial charge in [0.1, 0.15) is 42.7 Å². The summed E-state index contributed by atoms with van der Waals surface area (Å²) in [6, 6.07) is 0. The molecule has 0 aliphatic carbocycles. The Morgan fingerprint density at radius 2 is 1.40 bits per heavy atom. The highest BCUT2D eigenvalue weighted by atomic mass is 16.7. The quantitative estimate of drug-likeness (QED) is 0.108. The van der Waals surface area contributed by atoms with Crippen molar-refractivity contribution in [2.24, 2.45) is 17.8 Å². The summed E-state index contributed by atoms with van der Waals surface area (Å²) in [5, 5.41) is 81.8. The van der Waals surface area contributed by atoms with Crippen molar-refractivity contribution in [3.05, 3.63) is 58.7 Å². The van der Waals surface area contributed by atoms with E-state index in [2.05, 4.69) is 0 Å². The van der Waals surface area contributed by atoms with Gasteiger partial charge >= 0.3 is 11.9 Å². The summed E-state index contributed by atoms with van der Waals surface area (Å²) in [4.78, 5) is 25.9. The fourth-order valence-corrected chi connectivity index (χ4v) is 11.6. The van der Waals surface area contributed by atoms with Crippen molar-refractivity contribution < 1.29 is 107 Å². The second kappa shape index (κ2) is 31.4. The van der Waals surface area contributed by atoms with Crippen LogP contribution in [0, 0.1) is 17.8 Å². The summed E-state index contributed by atoms with van der Waals surface area (Å²) in [5.41, 5.74) is 2.44. The van der Waals surface area contributed by atoms with Crippen LogP contribution in [0.25, 0.3) is 0 Å². The molecular formula is C59H96O22. The summed E-state index contributed by atoms with van der Waals surface area (Å²) >= 11 is 0. The van der Waals surface area contributed by atoms with Crippen LogP contribution in [0.15, 0.2) is 58.7 Å². The molecule has 0 aromatic rings. The van der Waals surface area contributed by atoms with E-state index in [0.29, 0.717) is 12.0 Å². The minimum Gasteiger partial charge on any atom is -0.457 e. The maximum Gasteiger partial charge on any atom is 0.334 e. The zero-order valence-electron chi connectivity index (χ0n) is 50.0. The van der Waals surface area contributed by atoms with E-state index < -0.39 is 158 Å². The van der Waals surface area contributed by atoms with Crippen molar-refractivity contribution in [3.63, 3.8) is 0 Å². The summed E-state index contributed by atoms with van der Waals surface area (Å²) in [6.45, 7) is 18.8. The Morgan fingerprint density at radius 1 is 0.741 bits per heavy atom. The number of hydrogen-bond acceptors (Lipinski definition) is 22. The SMILES string of the molecule is COC[C@@H](C[C@H]1O[C@@](O)([C@H](O)[C@@H]2C[C@H](OC)[C@H](O)CC/C=C(C)/C=C/[C@@H](O[C@@H]3O[C@@H](C)[C@H](OC)[C@@H](O)[C@@H]3O)[C@H](C)/C=C(C)/C=C(C)/C=C(\C)C(=O)O2)[C@H](C)[C@@H](O)[C@H]1C)O[C@H]1C[C@H](O)[C@@H](O[C@H]2C[C@@H](OC)[C@H](OC(C)=O)[C@@H](C)O2)[C@H](C)O1. The molecule has 25 atom stereocenters. The number of esters is 2. The third-order valence-corrected chi connectivity index (χ3v) is 16.3. The second-order valence-corrected chi connectivity index (χ2v) is 22.9. The first kappa shape index (κ1) is 68.7. The van der Waals surface area contributed by atoms with Crippen LogP contribution in [0.4, 0.5) is 0 Å².